The molecule has 0 bridgehead atoms. The van der Waals surface area contributed by atoms with E-state index in [9.17, 15) is 13.2 Å². The molecule has 0 aromatic heterocycles. The van der Waals surface area contributed by atoms with Crippen molar-refractivity contribution in [2.75, 3.05) is 19.4 Å². The van der Waals surface area contributed by atoms with Gasteiger partial charge in [-0.3, -0.25) is 4.79 Å². The van der Waals surface area contributed by atoms with E-state index in [4.69, 9.17) is 4.84 Å². The summed E-state index contributed by atoms with van der Waals surface area (Å²) in [5, 5.41) is 6.70. The maximum atomic E-state index is 12.7. The van der Waals surface area contributed by atoms with E-state index in [0.717, 1.165) is 21.0 Å². The summed E-state index contributed by atoms with van der Waals surface area (Å²) >= 11 is 0. The number of amides is 1. The Hall–Kier alpha value is -2.71. The zero-order valence-corrected chi connectivity index (χ0v) is 17.1. The molecule has 0 saturated carbocycles. The first kappa shape index (κ1) is 20.0. The minimum absolute atomic E-state index is 0.127. The lowest BCUT2D eigenvalue weighted by Gasteiger charge is -2.16. The van der Waals surface area contributed by atoms with Crippen LogP contribution >= 0.6 is 0 Å². The second kappa shape index (κ2) is 7.73. The van der Waals surface area contributed by atoms with Crippen molar-refractivity contribution < 1.29 is 18.0 Å². The van der Waals surface area contributed by atoms with Crippen LogP contribution in [0.15, 0.2) is 52.5 Å². The summed E-state index contributed by atoms with van der Waals surface area (Å²) < 4.78 is 26.1. The van der Waals surface area contributed by atoms with Gasteiger partial charge in [0.2, 0.25) is 10.0 Å². The van der Waals surface area contributed by atoms with Crippen molar-refractivity contribution in [3.05, 3.63) is 59.2 Å². The standard InChI is InChI=1S/C20H23N3O4S/c1-13-10-16(28(25,26)23(3)4)11-17(14(13)2)21-20(24)18-12-19(27-22-18)15-8-6-5-7-9-15/h5-11,19H,12H2,1-4H3,(H,21,24). The number of carbonyl (C=O) groups is 1. The first-order chi connectivity index (χ1) is 13.2. The zero-order valence-electron chi connectivity index (χ0n) is 16.3. The molecule has 7 nitrogen and oxygen atoms in total. The molecule has 1 unspecified atom stereocenters. The number of hydrogen-bond acceptors (Lipinski definition) is 5. The van der Waals surface area contributed by atoms with Gasteiger partial charge in [-0.25, -0.2) is 12.7 Å². The highest BCUT2D eigenvalue weighted by Gasteiger charge is 2.28. The van der Waals surface area contributed by atoms with Crippen molar-refractivity contribution in [2.24, 2.45) is 5.16 Å². The third-order valence-electron chi connectivity index (χ3n) is 4.77. The van der Waals surface area contributed by atoms with Crippen molar-refractivity contribution in [1.29, 1.82) is 0 Å². The van der Waals surface area contributed by atoms with E-state index in [1.165, 1.54) is 20.2 Å². The Balaban J connectivity index is 1.80. The number of nitrogens with zero attached hydrogens (tertiary/aromatic N) is 2. The van der Waals surface area contributed by atoms with Crippen molar-refractivity contribution in [1.82, 2.24) is 4.31 Å². The van der Waals surface area contributed by atoms with E-state index in [2.05, 4.69) is 10.5 Å². The van der Waals surface area contributed by atoms with Crippen LogP contribution in [-0.2, 0) is 19.7 Å². The number of rotatable bonds is 5. The molecule has 1 N–H and O–H groups in total. The third kappa shape index (κ3) is 3.93. The summed E-state index contributed by atoms with van der Waals surface area (Å²) in [4.78, 5) is 18.2. The molecule has 148 valence electrons. The Bertz CT molecular complexity index is 1030. The molecular weight excluding hydrogens is 378 g/mol. The lowest BCUT2D eigenvalue weighted by molar-refractivity contribution is -0.110. The Morgan fingerprint density at radius 2 is 1.86 bits per heavy atom. The highest BCUT2D eigenvalue weighted by Crippen LogP contribution is 2.29. The monoisotopic (exact) mass is 401 g/mol. The predicted molar refractivity (Wildman–Crippen MR) is 108 cm³/mol. The van der Waals surface area contributed by atoms with Crippen molar-refractivity contribution in [3.8, 4) is 0 Å². The van der Waals surface area contributed by atoms with E-state index in [1.54, 1.807) is 13.0 Å². The molecule has 3 rings (SSSR count). The minimum Gasteiger partial charge on any atom is -0.387 e. The fourth-order valence-electron chi connectivity index (χ4n) is 2.87. The van der Waals surface area contributed by atoms with Gasteiger partial charge in [-0.05, 0) is 42.7 Å². The number of carbonyl (C=O) groups excluding carboxylic acids is 1. The van der Waals surface area contributed by atoms with Gasteiger partial charge >= 0.3 is 0 Å². The third-order valence-corrected chi connectivity index (χ3v) is 6.56. The molecule has 1 amide bonds. The van der Waals surface area contributed by atoms with Crippen LogP contribution in [-0.4, -0.2) is 38.4 Å². The lowest BCUT2D eigenvalue weighted by atomic mass is 10.0. The zero-order chi connectivity index (χ0) is 20.5. The van der Waals surface area contributed by atoms with Crippen molar-refractivity contribution in [3.63, 3.8) is 0 Å². The Morgan fingerprint density at radius 1 is 1.18 bits per heavy atom. The summed E-state index contributed by atoms with van der Waals surface area (Å²) in [5.41, 5.74) is 3.22. The average Bonchev–Trinajstić information content (AvgIpc) is 3.16. The van der Waals surface area contributed by atoms with Gasteiger partial charge < -0.3 is 10.2 Å². The maximum Gasteiger partial charge on any atom is 0.273 e. The summed E-state index contributed by atoms with van der Waals surface area (Å²) in [5.74, 6) is -0.402. The summed E-state index contributed by atoms with van der Waals surface area (Å²) in [6.07, 6.45) is 0.0501. The average molecular weight is 401 g/mol. The molecule has 28 heavy (non-hydrogen) atoms. The van der Waals surface area contributed by atoms with Crippen molar-refractivity contribution >= 4 is 27.3 Å². The van der Waals surface area contributed by atoms with E-state index in [1.807, 2.05) is 37.3 Å². The van der Waals surface area contributed by atoms with Crippen LogP contribution in [0.3, 0.4) is 0 Å². The van der Waals surface area contributed by atoms with E-state index in [-0.39, 0.29) is 16.7 Å². The highest BCUT2D eigenvalue weighted by molar-refractivity contribution is 7.89. The summed E-state index contributed by atoms with van der Waals surface area (Å²) in [7, 11) is -0.672. The number of benzene rings is 2. The smallest absolute Gasteiger partial charge is 0.273 e. The summed E-state index contributed by atoms with van der Waals surface area (Å²) in [6.45, 7) is 3.64. The molecule has 0 fully saturated rings. The quantitative estimate of drug-likeness (QED) is 0.834. The van der Waals surface area contributed by atoms with Gasteiger partial charge in [-0.15, -0.1) is 0 Å². The molecule has 8 heteroatoms. The van der Waals surface area contributed by atoms with Gasteiger partial charge in [-0.1, -0.05) is 35.5 Å². The number of hydrogen-bond donors (Lipinski definition) is 1. The van der Waals surface area contributed by atoms with Crippen LogP contribution in [0.5, 0.6) is 0 Å². The van der Waals surface area contributed by atoms with Gasteiger partial charge in [0.25, 0.3) is 5.91 Å². The number of aryl methyl sites for hydroxylation is 1. The van der Waals surface area contributed by atoms with Gasteiger partial charge in [-0.2, -0.15) is 0 Å². The molecule has 2 aromatic carbocycles. The number of oxime groups is 1. The number of anilines is 1. The van der Waals surface area contributed by atoms with Crippen LogP contribution in [0.1, 0.15) is 29.2 Å². The van der Waals surface area contributed by atoms with Crippen LogP contribution < -0.4 is 5.32 Å². The van der Waals surface area contributed by atoms with Gasteiger partial charge in [0.1, 0.15) is 5.71 Å². The second-order valence-electron chi connectivity index (χ2n) is 6.90. The predicted octanol–water partition coefficient (Wildman–Crippen LogP) is 3.01. The normalized spacial score (nSPS) is 16.6. The Labute approximate surface area is 165 Å². The van der Waals surface area contributed by atoms with Crippen LogP contribution in [0.25, 0.3) is 0 Å². The van der Waals surface area contributed by atoms with Crippen LogP contribution in [0, 0.1) is 13.8 Å². The topological polar surface area (TPSA) is 88.1 Å². The first-order valence-corrected chi connectivity index (χ1v) is 10.3. The second-order valence-corrected chi connectivity index (χ2v) is 9.05. The van der Waals surface area contributed by atoms with E-state index in [0.29, 0.717) is 12.1 Å². The van der Waals surface area contributed by atoms with Gasteiger partial charge in [0, 0.05) is 26.2 Å². The molecule has 2 aromatic rings. The number of sulfonamides is 1. The lowest BCUT2D eigenvalue weighted by Crippen LogP contribution is -2.24. The molecule has 0 spiro atoms. The highest BCUT2D eigenvalue weighted by atomic mass is 32.2. The molecular formula is C20H23N3O4S. The minimum atomic E-state index is -3.61. The van der Waals surface area contributed by atoms with E-state index >= 15 is 0 Å². The molecule has 1 heterocycles. The van der Waals surface area contributed by atoms with Crippen molar-refractivity contribution in [2.45, 2.75) is 31.3 Å². The number of nitrogens with one attached hydrogen (secondary N) is 1. The fourth-order valence-corrected chi connectivity index (χ4v) is 3.88. The van der Waals surface area contributed by atoms with Crippen LogP contribution in [0.2, 0.25) is 0 Å². The maximum absolute atomic E-state index is 12.7. The summed E-state index contributed by atoms with van der Waals surface area (Å²) in [6, 6.07) is 12.6. The largest absolute Gasteiger partial charge is 0.387 e. The van der Waals surface area contributed by atoms with Gasteiger partial charge in [0.15, 0.2) is 6.10 Å². The molecule has 0 saturated heterocycles. The Morgan fingerprint density at radius 3 is 2.50 bits per heavy atom. The van der Waals surface area contributed by atoms with E-state index < -0.39 is 15.9 Å². The molecule has 0 radical (unpaired) electrons. The molecule has 0 aliphatic carbocycles. The first-order valence-electron chi connectivity index (χ1n) is 8.83. The van der Waals surface area contributed by atoms with Gasteiger partial charge in [0.05, 0.1) is 4.90 Å². The van der Waals surface area contributed by atoms with Crippen LogP contribution in [0.4, 0.5) is 5.69 Å². The molecule has 1 aliphatic rings. The molecule has 1 atom stereocenters. The fraction of sp³-hybridized carbons (Fsp3) is 0.300. The SMILES string of the molecule is Cc1cc(S(=O)(=O)N(C)C)cc(NC(=O)C2=NOC(c3ccccc3)C2)c1C. The molecule has 1 aliphatic heterocycles. The Kier molecular flexibility index (Phi) is 5.53.